The summed E-state index contributed by atoms with van der Waals surface area (Å²) in [6.45, 7) is 16.0. The fourth-order valence-electron chi connectivity index (χ4n) is 10.6. The van der Waals surface area contributed by atoms with Crippen molar-refractivity contribution in [3.63, 3.8) is 0 Å². The van der Waals surface area contributed by atoms with Crippen LogP contribution in [-0.4, -0.2) is 41.3 Å². The van der Waals surface area contributed by atoms with Crippen molar-refractivity contribution in [2.24, 2.45) is 45.8 Å². The van der Waals surface area contributed by atoms with Gasteiger partial charge < -0.3 is 9.84 Å². The standard InChI is InChI=1S/C50H64O7/c1-9-36-27-50(36,47(55)56)29-44(53)41-22-32(23-42(41)46(54)43(48(4,5)6)26-38(52)28-49(7)17-11-12-18-49)20-35-24-34(33-14-13-31(19-33)21-37(51)10-2)25-40-30(3)45(57-8)16-15-39(35)40/h9,14-16,19,24-25,32,36,41-43H,1,10-13,17-18,20-23,26-29H2,2-8H3,(H,55,56). The number of rotatable bonds is 18. The second-order valence-electron chi connectivity index (χ2n) is 19.5. The highest BCUT2D eigenvalue weighted by atomic mass is 16.5. The summed E-state index contributed by atoms with van der Waals surface area (Å²) >= 11 is 0. The number of hydrogen-bond donors (Lipinski definition) is 1. The monoisotopic (exact) mass is 776 g/mol. The van der Waals surface area contributed by atoms with E-state index in [0.717, 1.165) is 76.5 Å². The van der Waals surface area contributed by atoms with E-state index >= 15 is 0 Å². The predicted molar refractivity (Wildman–Crippen MR) is 226 cm³/mol. The van der Waals surface area contributed by atoms with Crippen LogP contribution in [0.1, 0.15) is 135 Å². The summed E-state index contributed by atoms with van der Waals surface area (Å²) < 4.78 is 5.73. The van der Waals surface area contributed by atoms with Crippen molar-refractivity contribution in [3.05, 3.63) is 71.3 Å². The van der Waals surface area contributed by atoms with Gasteiger partial charge in [-0.2, -0.15) is 0 Å². The van der Waals surface area contributed by atoms with E-state index in [1.165, 1.54) is 0 Å². The minimum Gasteiger partial charge on any atom is -0.496 e. The molecule has 57 heavy (non-hydrogen) atoms. The second-order valence-corrected chi connectivity index (χ2v) is 19.5. The summed E-state index contributed by atoms with van der Waals surface area (Å²) in [5.74, 6) is -2.06. The molecule has 0 heterocycles. The van der Waals surface area contributed by atoms with E-state index in [2.05, 4.69) is 50.8 Å². The highest BCUT2D eigenvalue weighted by Crippen LogP contribution is 2.58. The maximum Gasteiger partial charge on any atom is 0.310 e. The van der Waals surface area contributed by atoms with Gasteiger partial charge in [-0.1, -0.05) is 83.4 Å². The van der Waals surface area contributed by atoms with Crippen molar-refractivity contribution >= 4 is 45.4 Å². The Kier molecular flexibility index (Phi) is 12.4. The number of ether oxygens (including phenoxy) is 1. The van der Waals surface area contributed by atoms with E-state index in [0.29, 0.717) is 44.9 Å². The molecule has 0 spiro atoms. The molecule has 0 aliphatic heterocycles. The van der Waals surface area contributed by atoms with Crippen molar-refractivity contribution in [2.75, 3.05) is 7.11 Å². The Morgan fingerprint density at radius 2 is 1.70 bits per heavy atom. The molecule has 0 saturated heterocycles. The number of allylic oxidation sites excluding steroid dienone is 5. The third-order valence-corrected chi connectivity index (χ3v) is 14.3. The highest BCUT2D eigenvalue weighted by Gasteiger charge is 2.61. The molecule has 3 saturated carbocycles. The number of aliphatic carboxylic acids is 1. The molecule has 0 bridgehead atoms. The van der Waals surface area contributed by atoms with Gasteiger partial charge in [0.05, 0.1) is 12.5 Å². The van der Waals surface area contributed by atoms with Crippen LogP contribution in [0.2, 0.25) is 0 Å². The Balaban J connectivity index is 1.34. The molecular weight excluding hydrogens is 713 g/mol. The Labute approximate surface area is 339 Å². The van der Waals surface area contributed by atoms with Crippen molar-refractivity contribution in [2.45, 2.75) is 131 Å². The van der Waals surface area contributed by atoms with Crippen LogP contribution in [0.5, 0.6) is 5.75 Å². The molecule has 6 unspecified atom stereocenters. The number of carbonyl (C=O) groups excluding carboxylic acids is 4. The molecular formula is C50H64O7. The Bertz CT molecular complexity index is 2020. The summed E-state index contributed by atoms with van der Waals surface area (Å²) in [4.78, 5) is 68.0. The molecule has 1 N–H and O–H groups in total. The number of fused-ring (bicyclic) bond motifs is 1. The molecule has 2 aromatic rings. The van der Waals surface area contributed by atoms with Crippen LogP contribution in [0, 0.1) is 52.8 Å². The zero-order valence-electron chi connectivity index (χ0n) is 35.4. The molecule has 0 aromatic heterocycles. The van der Waals surface area contributed by atoms with E-state index in [9.17, 15) is 29.1 Å². The van der Waals surface area contributed by atoms with Gasteiger partial charge in [0.2, 0.25) is 0 Å². The molecule has 2 aromatic carbocycles. The Hall–Kier alpha value is -4.13. The predicted octanol–water partition coefficient (Wildman–Crippen LogP) is 10.8. The highest BCUT2D eigenvalue weighted by molar-refractivity contribution is 5.97. The maximum absolute atomic E-state index is 15.0. The van der Waals surface area contributed by atoms with Gasteiger partial charge in [0.15, 0.2) is 0 Å². The smallest absolute Gasteiger partial charge is 0.310 e. The third-order valence-electron chi connectivity index (χ3n) is 14.3. The van der Waals surface area contributed by atoms with E-state index < -0.39 is 34.6 Å². The van der Waals surface area contributed by atoms with Crippen molar-refractivity contribution < 1.29 is 33.8 Å². The fraction of sp³-hybridized carbons (Fsp3) is 0.580. The van der Waals surface area contributed by atoms with Crippen LogP contribution in [0.25, 0.3) is 16.3 Å². The molecule has 7 heteroatoms. The first kappa shape index (κ1) is 42.5. The lowest BCUT2D eigenvalue weighted by molar-refractivity contribution is -0.147. The zero-order chi connectivity index (χ0) is 41.4. The van der Waals surface area contributed by atoms with Gasteiger partial charge in [-0.05, 0) is 120 Å². The number of carboxylic acid groups (broad SMARTS) is 1. The van der Waals surface area contributed by atoms with E-state index in [4.69, 9.17) is 4.74 Å². The molecule has 6 atom stereocenters. The first-order valence-electron chi connectivity index (χ1n) is 21.4. The van der Waals surface area contributed by atoms with Crippen LogP contribution in [0.3, 0.4) is 0 Å². The first-order valence-corrected chi connectivity index (χ1v) is 21.4. The fourth-order valence-corrected chi connectivity index (χ4v) is 10.6. The van der Waals surface area contributed by atoms with Crippen molar-refractivity contribution in [1.29, 1.82) is 0 Å². The van der Waals surface area contributed by atoms with Gasteiger partial charge in [0.25, 0.3) is 0 Å². The summed E-state index contributed by atoms with van der Waals surface area (Å²) in [6, 6.07) is 8.51. The number of benzene rings is 2. The molecule has 306 valence electrons. The number of carbonyl (C=O) groups is 5. The molecule has 3 fully saturated rings. The van der Waals surface area contributed by atoms with E-state index in [-0.39, 0.29) is 53.2 Å². The topological polar surface area (TPSA) is 115 Å². The average molecular weight is 777 g/mol. The van der Waals surface area contributed by atoms with Crippen molar-refractivity contribution in [1.82, 2.24) is 0 Å². The van der Waals surface area contributed by atoms with Gasteiger partial charge in [-0.25, -0.2) is 0 Å². The van der Waals surface area contributed by atoms with Gasteiger partial charge in [-0.3, -0.25) is 24.0 Å². The number of methoxy groups -OCH3 is 1. The summed E-state index contributed by atoms with van der Waals surface area (Å²) in [7, 11) is 1.67. The van der Waals surface area contributed by atoms with Crippen molar-refractivity contribution in [3.8, 4) is 5.75 Å². The number of carboxylic acids is 1. The lowest BCUT2D eigenvalue weighted by Crippen LogP contribution is -2.39. The summed E-state index contributed by atoms with van der Waals surface area (Å²) in [5, 5.41) is 12.4. The second kappa shape index (κ2) is 16.6. The quantitative estimate of drug-likeness (QED) is 0.150. The number of Topliss-reactive ketones (excluding diaryl/α,β-unsaturated/α-hetero) is 4. The average Bonchev–Trinajstić information content (AvgIpc) is 3.49. The third kappa shape index (κ3) is 8.98. The van der Waals surface area contributed by atoms with Crippen LogP contribution in [0.4, 0.5) is 0 Å². The minimum atomic E-state index is -1.16. The Morgan fingerprint density at radius 3 is 2.32 bits per heavy atom. The molecule has 4 aliphatic rings. The lowest BCUT2D eigenvalue weighted by Gasteiger charge is -2.33. The molecule has 7 nitrogen and oxygen atoms in total. The van der Waals surface area contributed by atoms with Crippen LogP contribution < -0.4 is 4.74 Å². The lowest BCUT2D eigenvalue weighted by atomic mass is 9.69. The minimum absolute atomic E-state index is 0.0107. The van der Waals surface area contributed by atoms with Gasteiger partial charge in [0.1, 0.15) is 28.9 Å². The maximum atomic E-state index is 15.0. The van der Waals surface area contributed by atoms with Crippen LogP contribution in [0.15, 0.2) is 54.6 Å². The SMILES string of the molecule is C=CC1CC1(CC(=O)C1CC(Cc2cc(C3=CCC(CC(=O)CC)=C3)cc3c(C)c(OC)ccc23)CC1C(=O)C(CC(=O)CC1(C)CCCC1)C(C)(C)C)C(=O)O. The summed E-state index contributed by atoms with van der Waals surface area (Å²) in [6.07, 6.45) is 14.5. The zero-order valence-corrected chi connectivity index (χ0v) is 35.4. The number of aryl methyl sites for hydroxylation is 1. The van der Waals surface area contributed by atoms with Crippen LogP contribution in [-0.2, 0) is 30.4 Å². The van der Waals surface area contributed by atoms with Gasteiger partial charge in [-0.15, -0.1) is 6.58 Å². The number of ketones is 4. The molecule has 4 aliphatic carbocycles. The largest absolute Gasteiger partial charge is 0.496 e. The van der Waals surface area contributed by atoms with Gasteiger partial charge >= 0.3 is 5.97 Å². The Morgan fingerprint density at radius 1 is 1.00 bits per heavy atom. The number of hydrogen-bond acceptors (Lipinski definition) is 6. The normalized spacial score (nSPS) is 25.8. The molecule has 0 amide bonds. The summed E-state index contributed by atoms with van der Waals surface area (Å²) in [5.41, 5.74) is 3.72. The van der Waals surface area contributed by atoms with Crippen LogP contribution >= 0.6 is 0 Å². The van der Waals surface area contributed by atoms with Gasteiger partial charge in [0, 0.05) is 49.9 Å². The van der Waals surface area contributed by atoms with E-state index in [1.54, 1.807) is 13.2 Å². The molecule has 0 radical (unpaired) electrons. The molecule has 6 rings (SSSR count). The first-order chi connectivity index (χ1) is 26.9. The van der Waals surface area contributed by atoms with E-state index in [1.807, 2.05) is 33.8 Å².